The Balaban J connectivity index is 1.84. The molecule has 1 aromatic heterocycles. The summed E-state index contributed by atoms with van der Waals surface area (Å²) in [6, 6.07) is 10.9. The van der Waals surface area contributed by atoms with Crippen LogP contribution in [0, 0.1) is 0 Å². The summed E-state index contributed by atoms with van der Waals surface area (Å²) in [5.41, 5.74) is 2.27. The van der Waals surface area contributed by atoms with E-state index in [9.17, 15) is 0 Å². The average Bonchev–Trinajstić information content (AvgIpc) is 2.93. The van der Waals surface area contributed by atoms with Crippen LogP contribution >= 0.6 is 11.3 Å². The third-order valence-corrected chi connectivity index (χ3v) is 4.08. The van der Waals surface area contributed by atoms with Crippen LogP contribution in [0.25, 0.3) is 11.3 Å². The Kier molecular flexibility index (Phi) is 5.71. The quantitative estimate of drug-likeness (QED) is 0.848. The summed E-state index contributed by atoms with van der Waals surface area (Å²) >= 11 is 1.73. The van der Waals surface area contributed by atoms with Crippen molar-refractivity contribution < 1.29 is 0 Å². The minimum atomic E-state index is 0.515. The van der Waals surface area contributed by atoms with E-state index in [4.69, 9.17) is 4.98 Å². The Labute approximate surface area is 125 Å². The van der Waals surface area contributed by atoms with E-state index in [2.05, 4.69) is 60.9 Å². The van der Waals surface area contributed by atoms with E-state index in [1.807, 2.05) is 6.07 Å². The molecule has 1 N–H and O–H groups in total. The smallest absolute Gasteiger partial charge is 0.107 e. The van der Waals surface area contributed by atoms with Gasteiger partial charge in [-0.1, -0.05) is 30.3 Å². The zero-order valence-corrected chi connectivity index (χ0v) is 13.3. The number of aromatic nitrogens is 1. The van der Waals surface area contributed by atoms with E-state index in [-0.39, 0.29) is 0 Å². The first kappa shape index (κ1) is 15.2. The molecule has 20 heavy (non-hydrogen) atoms. The number of benzene rings is 1. The Morgan fingerprint density at radius 1 is 1.25 bits per heavy atom. The normalized spacial score (nSPS) is 12.8. The van der Waals surface area contributed by atoms with Crippen molar-refractivity contribution in [1.82, 2.24) is 15.2 Å². The molecule has 0 saturated carbocycles. The summed E-state index contributed by atoms with van der Waals surface area (Å²) in [5.74, 6) is 0. The molecule has 0 aliphatic rings. The molecule has 108 valence electrons. The number of nitrogens with one attached hydrogen (secondary N) is 1. The molecule has 3 nitrogen and oxygen atoms in total. The lowest BCUT2D eigenvalue weighted by molar-refractivity contribution is 0.365. The minimum absolute atomic E-state index is 0.515. The maximum atomic E-state index is 4.69. The molecule has 1 heterocycles. The molecule has 0 amide bonds. The van der Waals surface area contributed by atoms with E-state index in [0.29, 0.717) is 6.04 Å². The van der Waals surface area contributed by atoms with Crippen molar-refractivity contribution in [2.24, 2.45) is 0 Å². The first-order valence-electron chi connectivity index (χ1n) is 7.03. The van der Waals surface area contributed by atoms with E-state index in [0.717, 1.165) is 30.2 Å². The Morgan fingerprint density at radius 3 is 2.70 bits per heavy atom. The van der Waals surface area contributed by atoms with Crippen LogP contribution in [0.3, 0.4) is 0 Å². The summed E-state index contributed by atoms with van der Waals surface area (Å²) in [6.45, 7) is 4.20. The summed E-state index contributed by atoms with van der Waals surface area (Å²) in [6.07, 6.45) is 1.16. The Bertz CT molecular complexity index is 507. The fourth-order valence-corrected chi connectivity index (χ4v) is 2.70. The molecule has 1 atom stereocenters. The van der Waals surface area contributed by atoms with E-state index >= 15 is 0 Å². The van der Waals surface area contributed by atoms with Gasteiger partial charge in [0, 0.05) is 23.5 Å². The number of nitrogens with zero attached hydrogens (tertiary/aromatic N) is 2. The maximum absolute atomic E-state index is 4.69. The van der Waals surface area contributed by atoms with Gasteiger partial charge in [0.05, 0.1) is 5.69 Å². The SMILES string of the molecule is CC(CCN(C)C)NCc1nc(-c2ccccc2)cs1. The van der Waals surface area contributed by atoms with Gasteiger partial charge in [-0.25, -0.2) is 4.98 Å². The molecule has 0 aliphatic heterocycles. The van der Waals surface area contributed by atoms with Gasteiger partial charge in [-0.2, -0.15) is 0 Å². The van der Waals surface area contributed by atoms with Gasteiger partial charge in [0.2, 0.25) is 0 Å². The lowest BCUT2D eigenvalue weighted by atomic mass is 10.2. The summed E-state index contributed by atoms with van der Waals surface area (Å²) in [4.78, 5) is 6.91. The zero-order chi connectivity index (χ0) is 14.4. The minimum Gasteiger partial charge on any atom is -0.309 e. The van der Waals surface area contributed by atoms with Gasteiger partial charge >= 0.3 is 0 Å². The molecule has 1 unspecified atom stereocenters. The molecule has 0 spiro atoms. The molecule has 0 saturated heterocycles. The van der Waals surface area contributed by atoms with Crippen LogP contribution in [0.1, 0.15) is 18.4 Å². The summed E-state index contributed by atoms with van der Waals surface area (Å²) in [5, 5.41) is 6.83. The van der Waals surface area contributed by atoms with Crippen molar-refractivity contribution in [1.29, 1.82) is 0 Å². The highest BCUT2D eigenvalue weighted by atomic mass is 32.1. The molecule has 1 aromatic carbocycles. The van der Waals surface area contributed by atoms with Crippen molar-refractivity contribution in [2.75, 3.05) is 20.6 Å². The van der Waals surface area contributed by atoms with Crippen LogP contribution in [0.15, 0.2) is 35.7 Å². The van der Waals surface area contributed by atoms with Crippen LogP contribution < -0.4 is 5.32 Å². The Hall–Kier alpha value is -1.23. The van der Waals surface area contributed by atoms with Crippen LogP contribution in [0.4, 0.5) is 0 Å². The fourth-order valence-electron chi connectivity index (χ4n) is 1.95. The van der Waals surface area contributed by atoms with Crippen molar-refractivity contribution in [2.45, 2.75) is 25.9 Å². The zero-order valence-electron chi connectivity index (χ0n) is 12.5. The standard InChI is InChI=1S/C16H23N3S/c1-13(9-10-19(2)3)17-11-16-18-15(12-20-16)14-7-5-4-6-8-14/h4-8,12-13,17H,9-11H2,1-3H3. The highest BCUT2D eigenvalue weighted by Gasteiger charge is 2.06. The largest absolute Gasteiger partial charge is 0.309 e. The first-order chi connectivity index (χ1) is 9.65. The van der Waals surface area contributed by atoms with Gasteiger partial charge < -0.3 is 10.2 Å². The summed E-state index contributed by atoms with van der Waals surface area (Å²) in [7, 11) is 4.22. The van der Waals surface area contributed by atoms with E-state index in [1.165, 1.54) is 5.56 Å². The number of thiazole rings is 1. The van der Waals surface area contributed by atoms with E-state index < -0.39 is 0 Å². The second kappa shape index (κ2) is 7.53. The second-order valence-corrected chi connectivity index (χ2v) is 6.31. The van der Waals surface area contributed by atoms with Crippen LogP contribution in [-0.2, 0) is 6.54 Å². The third kappa shape index (κ3) is 4.71. The van der Waals surface area contributed by atoms with Gasteiger partial charge in [-0.3, -0.25) is 0 Å². The molecule has 0 radical (unpaired) electrons. The molecule has 4 heteroatoms. The van der Waals surface area contributed by atoms with Gasteiger partial charge in [0.25, 0.3) is 0 Å². The molecule has 0 aliphatic carbocycles. The van der Waals surface area contributed by atoms with Crippen molar-refractivity contribution >= 4 is 11.3 Å². The number of rotatable bonds is 7. The topological polar surface area (TPSA) is 28.2 Å². The predicted octanol–water partition coefficient (Wildman–Crippen LogP) is 3.24. The lowest BCUT2D eigenvalue weighted by Crippen LogP contribution is -2.29. The number of hydrogen-bond donors (Lipinski definition) is 1. The monoisotopic (exact) mass is 289 g/mol. The van der Waals surface area contributed by atoms with Crippen LogP contribution in [-0.4, -0.2) is 36.6 Å². The van der Waals surface area contributed by atoms with Gasteiger partial charge in [-0.05, 0) is 34.0 Å². The fraction of sp³-hybridized carbons (Fsp3) is 0.438. The maximum Gasteiger partial charge on any atom is 0.107 e. The molecular formula is C16H23N3S. The lowest BCUT2D eigenvalue weighted by Gasteiger charge is -2.15. The molecular weight excluding hydrogens is 266 g/mol. The van der Waals surface area contributed by atoms with Gasteiger partial charge in [0.15, 0.2) is 0 Å². The van der Waals surface area contributed by atoms with Crippen LogP contribution in [0.5, 0.6) is 0 Å². The highest BCUT2D eigenvalue weighted by molar-refractivity contribution is 7.09. The van der Waals surface area contributed by atoms with Gasteiger partial charge in [-0.15, -0.1) is 11.3 Å². The Morgan fingerprint density at radius 2 is 2.00 bits per heavy atom. The third-order valence-electron chi connectivity index (χ3n) is 3.23. The van der Waals surface area contributed by atoms with E-state index in [1.54, 1.807) is 11.3 Å². The number of hydrogen-bond acceptors (Lipinski definition) is 4. The predicted molar refractivity (Wildman–Crippen MR) is 87.0 cm³/mol. The van der Waals surface area contributed by atoms with Gasteiger partial charge in [0.1, 0.15) is 5.01 Å². The van der Waals surface area contributed by atoms with Crippen molar-refractivity contribution in [3.8, 4) is 11.3 Å². The van der Waals surface area contributed by atoms with Crippen molar-refractivity contribution in [3.63, 3.8) is 0 Å². The molecule has 0 bridgehead atoms. The average molecular weight is 289 g/mol. The molecule has 0 fully saturated rings. The van der Waals surface area contributed by atoms with Crippen LogP contribution in [0.2, 0.25) is 0 Å². The molecule has 2 rings (SSSR count). The molecule has 2 aromatic rings. The highest BCUT2D eigenvalue weighted by Crippen LogP contribution is 2.21. The summed E-state index contributed by atoms with van der Waals surface area (Å²) < 4.78 is 0. The first-order valence-corrected chi connectivity index (χ1v) is 7.91. The second-order valence-electron chi connectivity index (χ2n) is 5.37. The van der Waals surface area contributed by atoms with Crippen molar-refractivity contribution in [3.05, 3.63) is 40.7 Å².